The molecule has 2 amide bonds. The molecule has 0 spiro atoms. The summed E-state index contributed by atoms with van der Waals surface area (Å²) in [6, 6.07) is 5.60. The van der Waals surface area contributed by atoms with E-state index in [1.54, 1.807) is 17.3 Å². The Hall–Kier alpha value is -2.83. The number of hydrogen-bond acceptors (Lipinski definition) is 5. The summed E-state index contributed by atoms with van der Waals surface area (Å²) in [6.07, 6.45) is 8.43. The van der Waals surface area contributed by atoms with Gasteiger partial charge in [-0.15, -0.1) is 0 Å². The minimum Gasteiger partial charge on any atom is -0.485 e. The van der Waals surface area contributed by atoms with E-state index in [1.807, 2.05) is 31.3 Å². The summed E-state index contributed by atoms with van der Waals surface area (Å²) >= 11 is 0. The smallest absolute Gasteiger partial charge is 0.321 e. The first-order chi connectivity index (χ1) is 13.2. The number of ether oxygens (including phenoxy) is 1. The van der Waals surface area contributed by atoms with E-state index in [9.17, 15) is 4.79 Å². The van der Waals surface area contributed by atoms with Gasteiger partial charge in [-0.1, -0.05) is 0 Å². The van der Waals surface area contributed by atoms with Gasteiger partial charge in [0.2, 0.25) is 0 Å². The van der Waals surface area contributed by atoms with Crippen molar-refractivity contribution in [2.75, 3.05) is 36.4 Å². The van der Waals surface area contributed by atoms with Gasteiger partial charge in [-0.25, -0.2) is 9.78 Å². The predicted molar refractivity (Wildman–Crippen MR) is 104 cm³/mol. The molecule has 0 radical (unpaired) electrons. The number of aromatic nitrogens is 2. The Bertz CT molecular complexity index is 806. The SMILES string of the molecule is Cc1cnccc1NC(=O)N1CC[C@@H](Oc2cccnc2N2CCCC2)C1. The molecule has 2 saturated heterocycles. The summed E-state index contributed by atoms with van der Waals surface area (Å²) in [5.41, 5.74) is 1.74. The first kappa shape index (κ1) is 17.6. The van der Waals surface area contributed by atoms with E-state index >= 15 is 0 Å². The quantitative estimate of drug-likeness (QED) is 0.899. The van der Waals surface area contributed by atoms with Crippen LogP contribution in [-0.2, 0) is 0 Å². The average molecular weight is 367 g/mol. The molecule has 7 nitrogen and oxygen atoms in total. The van der Waals surface area contributed by atoms with E-state index < -0.39 is 0 Å². The molecule has 0 unspecified atom stereocenters. The molecule has 0 aromatic carbocycles. The number of carbonyl (C=O) groups is 1. The molecule has 2 aromatic heterocycles. The lowest BCUT2D eigenvalue weighted by Crippen LogP contribution is -2.34. The van der Waals surface area contributed by atoms with Gasteiger partial charge in [0.1, 0.15) is 6.10 Å². The molecule has 4 rings (SSSR count). The van der Waals surface area contributed by atoms with Crippen molar-refractivity contribution in [3.05, 3.63) is 42.4 Å². The Labute approximate surface area is 159 Å². The first-order valence-corrected chi connectivity index (χ1v) is 9.54. The van der Waals surface area contributed by atoms with Crippen LogP contribution in [-0.4, -0.2) is 53.2 Å². The van der Waals surface area contributed by atoms with Gasteiger partial charge in [-0.05, 0) is 43.5 Å². The van der Waals surface area contributed by atoms with Gasteiger partial charge in [0, 0.05) is 50.3 Å². The second kappa shape index (κ2) is 7.82. The Balaban J connectivity index is 1.38. The molecule has 0 saturated carbocycles. The first-order valence-electron chi connectivity index (χ1n) is 9.54. The zero-order chi connectivity index (χ0) is 18.6. The fraction of sp³-hybridized carbons (Fsp3) is 0.450. The van der Waals surface area contributed by atoms with Crippen LogP contribution in [0.25, 0.3) is 0 Å². The topological polar surface area (TPSA) is 70.6 Å². The maximum Gasteiger partial charge on any atom is 0.321 e. The number of anilines is 2. The number of rotatable bonds is 4. The number of nitrogens with one attached hydrogen (secondary N) is 1. The molecule has 0 aliphatic carbocycles. The van der Waals surface area contributed by atoms with Crippen LogP contribution in [0, 0.1) is 6.92 Å². The Morgan fingerprint density at radius 1 is 1.22 bits per heavy atom. The minimum atomic E-state index is -0.0960. The highest BCUT2D eigenvalue weighted by Crippen LogP contribution is 2.30. The lowest BCUT2D eigenvalue weighted by Gasteiger charge is -2.22. The van der Waals surface area contributed by atoms with E-state index in [4.69, 9.17) is 4.74 Å². The molecule has 1 atom stereocenters. The van der Waals surface area contributed by atoms with Crippen LogP contribution in [0.15, 0.2) is 36.8 Å². The number of urea groups is 1. The average Bonchev–Trinajstić information content (AvgIpc) is 3.36. The summed E-state index contributed by atoms with van der Waals surface area (Å²) in [5.74, 6) is 1.74. The molecule has 2 aliphatic rings. The summed E-state index contributed by atoms with van der Waals surface area (Å²) in [5, 5.41) is 2.96. The van der Waals surface area contributed by atoms with Crippen LogP contribution in [0.5, 0.6) is 5.75 Å². The fourth-order valence-corrected chi connectivity index (χ4v) is 3.64. The van der Waals surface area contributed by atoms with Gasteiger partial charge in [0.15, 0.2) is 11.6 Å². The van der Waals surface area contributed by atoms with Gasteiger partial charge in [0.25, 0.3) is 0 Å². The third-order valence-corrected chi connectivity index (χ3v) is 5.14. The van der Waals surface area contributed by atoms with Crippen LogP contribution in [0.3, 0.4) is 0 Å². The molecular weight excluding hydrogens is 342 g/mol. The zero-order valence-corrected chi connectivity index (χ0v) is 15.6. The largest absolute Gasteiger partial charge is 0.485 e. The summed E-state index contributed by atoms with van der Waals surface area (Å²) in [4.78, 5) is 25.2. The van der Waals surface area contributed by atoms with Gasteiger partial charge in [-0.3, -0.25) is 4.98 Å². The Kier molecular flexibility index (Phi) is 5.09. The molecule has 4 heterocycles. The van der Waals surface area contributed by atoms with Crippen LogP contribution in [0.2, 0.25) is 0 Å². The van der Waals surface area contributed by atoms with E-state index in [0.29, 0.717) is 13.1 Å². The number of nitrogens with zero attached hydrogens (tertiary/aromatic N) is 4. The molecule has 27 heavy (non-hydrogen) atoms. The lowest BCUT2D eigenvalue weighted by molar-refractivity contribution is 0.195. The Morgan fingerprint density at radius 2 is 2.07 bits per heavy atom. The van der Waals surface area contributed by atoms with Gasteiger partial charge >= 0.3 is 6.03 Å². The molecule has 0 bridgehead atoms. The monoisotopic (exact) mass is 367 g/mol. The van der Waals surface area contributed by atoms with E-state index in [0.717, 1.165) is 42.3 Å². The minimum absolute atomic E-state index is 0.0140. The van der Waals surface area contributed by atoms with Gasteiger partial charge < -0.3 is 19.9 Å². The molecular formula is C20H25N5O2. The van der Waals surface area contributed by atoms with Gasteiger partial charge in [0.05, 0.1) is 6.54 Å². The molecule has 2 aromatic rings. The van der Waals surface area contributed by atoms with Gasteiger partial charge in [-0.2, -0.15) is 0 Å². The maximum absolute atomic E-state index is 12.6. The summed E-state index contributed by atoms with van der Waals surface area (Å²) in [6.45, 7) is 5.24. The molecule has 2 fully saturated rings. The van der Waals surface area contributed by atoms with Crippen molar-refractivity contribution in [1.82, 2.24) is 14.9 Å². The third-order valence-electron chi connectivity index (χ3n) is 5.14. The molecule has 2 aliphatic heterocycles. The highest BCUT2D eigenvalue weighted by atomic mass is 16.5. The summed E-state index contributed by atoms with van der Waals surface area (Å²) < 4.78 is 6.24. The van der Waals surface area contributed by atoms with E-state index in [1.165, 1.54) is 12.8 Å². The Morgan fingerprint density at radius 3 is 2.89 bits per heavy atom. The standard InChI is InChI=1S/C20H25N5O2/c1-15-13-21-9-6-17(15)23-20(26)25-12-7-16(14-25)27-18-5-4-8-22-19(18)24-10-2-3-11-24/h4-6,8-9,13,16H,2-3,7,10-12,14H2,1H3,(H,21,23,26)/t16-/m1/s1. The summed E-state index contributed by atoms with van der Waals surface area (Å²) in [7, 11) is 0. The number of aryl methyl sites for hydroxylation is 1. The van der Waals surface area contributed by atoms with Crippen molar-refractivity contribution in [3.8, 4) is 5.75 Å². The number of likely N-dealkylation sites (tertiary alicyclic amines) is 1. The maximum atomic E-state index is 12.6. The zero-order valence-electron chi connectivity index (χ0n) is 15.6. The predicted octanol–water partition coefficient (Wildman–Crippen LogP) is 3.07. The molecule has 7 heteroatoms. The highest BCUT2D eigenvalue weighted by Gasteiger charge is 2.29. The van der Waals surface area contributed by atoms with Crippen molar-refractivity contribution in [1.29, 1.82) is 0 Å². The molecule has 1 N–H and O–H groups in total. The van der Waals surface area contributed by atoms with Crippen LogP contribution < -0.4 is 15.0 Å². The number of carbonyl (C=O) groups excluding carboxylic acids is 1. The van der Waals surface area contributed by atoms with Crippen LogP contribution in [0.4, 0.5) is 16.3 Å². The van der Waals surface area contributed by atoms with Crippen LogP contribution in [0.1, 0.15) is 24.8 Å². The lowest BCUT2D eigenvalue weighted by atomic mass is 10.2. The highest BCUT2D eigenvalue weighted by molar-refractivity contribution is 5.90. The van der Waals surface area contributed by atoms with Crippen molar-refractivity contribution in [3.63, 3.8) is 0 Å². The number of pyridine rings is 2. The number of hydrogen-bond donors (Lipinski definition) is 1. The molecule has 142 valence electrons. The van der Waals surface area contributed by atoms with Crippen molar-refractivity contribution in [2.24, 2.45) is 0 Å². The van der Waals surface area contributed by atoms with Crippen molar-refractivity contribution in [2.45, 2.75) is 32.3 Å². The normalized spacial score (nSPS) is 19.4. The van der Waals surface area contributed by atoms with E-state index in [-0.39, 0.29) is 12.1 Å². The van der Waals surface area contributed by atoms with Crippen molar-refractivity contribution < 1.29 is 9.53 Å². The van der Waals surface area contributed by atoms with Crippen molar-refractivity contribution >= 4 is 17.5 Å². The van der Waals surface area contributed by atoms with E-state index in [2.05, 4.69) is 20.2 Å². The second-order valence-electron chi connectivity index (χ2n) is 7.11. The third kappa shape index (κ3) is 3.97. The van der Waals surface area contributed by atoms with Crippen LogP contribution >= 0.6 is 0 Å². The number of amides is 2. The fourth-order valence-electron chi connectivity index (χ4n) is 3.64. The second-order valence-corrected chi connectivity index (χ2v) is 7.11.